The first-order valence-corrected chi connectivity index (χ1v) is 9.01. The van der Waals surface area contributed by atoms with Crippen molar-refractivity contribution in [1.29, 1.82) is 0 Å². The van der Waals surface area contributed by atoms with Crippen LogP contribution < -0.4 is 0 Å². The molecule has 0 aliphatic rings. The molecule has 0 radical (unpaired) electrons. The van der Waals surface area contributed by atoms with Crippen LogP contribution in [0.15, 0.2) is 52.0 Å². The van der Waals surface area contributed by atoms with Crippen LogP contribution in [0.2, 0.25) is 0 Å². The number of hydrogen-bond acceptors (Lipinski definition) is 7. The van der Waals surface area contributed by atoms with Crippen molar-refractivity contribution in [2.24, 2.45) is 0 Å². The highest BCUT2D eigenvalue weighted by atomic mass is 32.2. The maximum atomic E-state index is 13.1. The number of tetrazole rings is 1. The Kier molecular flexibility index (Phi) is 4.32. The molecule has 1 aromatic carbocycles. The fraction of sp³-hybridized carbons (Fsp3) is 0.133. The quantitative estimate of drug-likeness (QED) is 0.489. The van der Waals surface area contributed by atoms with Crippen molar-refractivity contribution >= 4 is 34.0 Å². The third-order valence-electron chi connectivity index (χ3n) is 3.39. The number of fused-ring (bicyclic) bond motifs is 1. The van der Waals surface area contributed by atoms with E-state index in [-0.39, 0.29) is 10.5 Å². The molecule has 6 nitrogen and oxygen atoms in total. The van der Waals surface area contributed by atoms with E-state index in [1.54, 1.807) is 29.5 Å². The smallest absolute Gasteiger partial charge is 0.224 e. The monoisotopic (exact) mass is 394 g/mol. The number of benzene rings is 1. The SMILES string of the molecule is FC(F)(F)c1nc(Sc2nnnn2Cc2cccs2)c2ccccc2n1. The van der Waals surface area contributed by atoms with Gasteiger partial charge in [-0.15, -0.1) is 16.4 Å². The van der Waals surface area contributed by atoms with Gasteiger partial charge in [0.05, 0.1) is 12.1 Å². The van der Waals surface area contributed by atoms with Crippen LogP contribution in [0.1, 0.15) is 10.7 Å². The minimum atomic E-state index is -4.64. The predicted octanol–water partition coefficient (Wildman–Crippen LogP) is 3.90. The number of hydrogen-bond donors (Lipinski definition) is 0. The molecule has 3 aromatic heterocycles. The second kappa shape index (κ2) is 6.65. The standard InChI is InChI=1S/C15H9F3N6S2/c16-15(17,18)13-19-11-6-2-1-5-10(11)12(20-13)26-14-21-22-23-24(14)8-9-4-3-7-25-9/h1-7H,8H2. The molecule has 0 fully saturated rings. The topological polar surface area (TPSA) is 69.4 Å². The molecule has 0 spiro atoms. The number of halogens is 3. The van der Waals surface area contributed by atoms with Crippen LogP contribution in [0.25, 0.3) is 10.9 Å². The van der Waals surface area contributed by atoms with Gasteiger partial charge in [-0.05, 0) is 39.7 Å². The normalized spacial score (nSPS) is 12.0. The summed E-state index contributed by atoms with van der Waals surface area (Å²) < 4.78 is 40.9. The second-order valence-electron chi connectivity index (χ2n) is 5.17. The molecule has 0 atom stereocenters. The largest absolute Gasteiger partial charge is 0.451 e. The van der Waals surface area contributed by atoms with Crippen LogP contribution in [0.4, 0.5) is 13.2 Å². The van der Waals surface area contributed by atoms with Gasteiger partial charge in [0.25, 0.3) is 0 Å². The maximum absolute atomic E-state index is 13.1. The highest BCUT2D eigenvalue weighted by Gasteiger charge is 2.35. The van der Waals surface area contributed by atoms with Crippen LogP contribution in [-0.2, 0) is 12.7 Å². The van der Waals surface area contributed by atoms with Crippen LogP contribution in [0.3, 0.4) is 0 Å². The average molecular weight is 394 g/mol. The lowest BCUT2D eigenvalue weighted by molar-refractivity contribution is -0.145. The van der Waals surface area contributed by atoms with Gasteiger partial charge in [0.2, 0.25) is 11.0 Å². The van der Waals surface area contributed by atoms with Crippen LogP contribution in [0.5, 0.6) is 0 Å². The summed E-state index contributed by atoms with van der Waals surface area (Å²) in [6.07, 6.45) is -4.64. The number of rotatable bonds is 4. The fourth-order valence-corrected chi connectivity index (χ4v) is 3.81. The molecule has 0 aliphatic heterocycles. The maximum Gasteiger partial charge on any atom is 0.451 e. The van der Waals surface area contributed by atoms with Crippen LogP contribution in [0, 0.1) is 0 Å². The van der Waals surface area contributed by atoms with Crippen molar-refractivity contribution in [3.8, 4) is 0 Å². The van der Waals surface area contributed by atoms with Gasteiger partial charge in [0.1, 0.15) is 5.03 Å². The lowest BCUT2D eigenvalue weighted by Crippen LogP contribution is -2.12. The molecule has 26 heavy (non-hydrogen) atoms. The first kappa shape index (κ1) is 16.9. The first-order chi connectivity index (χ1) is 12.5. The van der Waals surface area contributed by atoms with Gasteiger partial charge in [-0.25, -0.2) is 14.6 Å². The molecule has 0 saturated heterocycles. The van der Waals surface area contributed by atoms with E-state index in [1.807, 2.05) is 17.5 Å². The van der Waals surface area contributed by atoms with Gasteiger partial charge in [-0.1, -0.05) is 24.3 Å². The summed E-state index contributed by atoms with van der Waals surface area (Å²) in [6, 6.07) is 10.4. The number of nitrogens with zero attached hydrogens (tertiary/aromatic N) is 6. The molecule has 0 amide bonds. The summed E-state index contributed by atoms with van der Waals surface area (Å²) in [5.74, 6) is -1.18. The zero-order chi connectivity index (χ0) is 18.1. The van der Waals surface area contributed by atoms with Gasteiger partial charge in [0, 0.05) is 10.3 Å². The van der Waals surface area contributed by atoms with Crippen molar-refractivity contribution in [2.75, 3.05) is 0 Å². The van der Waals surface area contributed by atoms with E-state index in [4.69, 9.17) is 0 Å². The molecule has 0 unspecified atom stereocenters. The summed E-state index contributed by atoms with van der Waals surface area (Å²) in [5.41, 5.74) is 0.217. The van der Waals surface area contributed by atoms with E-state index in [0.717, 1.165) is 16.6 Å². The average Bonchev–Trinajstić information content (AvgIpc) is 3.27. The lowest BCUT2D eigenvalue weighted by atomic mass is 10.2. The van der Waals surface area contributed by atoms with E-state index in [1.165, 1.54) is 10.7 Å². The van der Waals surface area contributed by atoms with Crippen molar-refractivity contribution < 1.29 is 13.2 Å². The summed E-state index contributed by atoms with van der Waals surface area (Å²) in [5, 5.41) is 14.4. The Morgan fingerprint density at radius 1 is 1.08 bits per heavy atom. The van der Waals surface area contributed by atoms with Gasteiger partial charge in [0.15, 0.2) is 0 Å². The molecule has 4 rings (SSSR count). The van der Waals surface area contributed by atoms with Crippen molar-refractivity contribution in [3.63, 3.8) is 0 Å². The molecule has 4 aromatic rings. The van der Waals surface area contributed by atoms with Crippen molar-refractivity contribution in [2.45, 2.75) is 22.9 Å². The highest BCUT2D eigenvalue weighted by Crippen LogP contribution is 2.34. The summed E-state index contributed by atoms with van der Waals surface area (Å²) >= 11 is 2.53. The van der Waals surface area contributed by atoms with E-state index >= 15 is 0 Å². The van der Waals surface area contributed by atoms with Crippen molar-refractivity contribution in [1.82, 2.24) is 30.2 Å². The van der Waals surface area contributed by atoms with E-state index < -0.39 is 12.0 Å². The Bertz CT molecular complexity index is 1050. The third kappa shape index (κ3) is 3.40. The molecule has 3 heterocycles. The van der Waals surface area contributed by atoms with Gasteiger partial charge < -0.3 is 0 Å². The third-order valence-corrected chi connectivity index (χ3v) is 5.24. The Morgan fingerprint density at radius 3 is 2.69 bits per heavy atom. The lowest BCUT2D eigenvalue weighted by Gasteiger charge is -2.10. The van der Waals surface area contributed by atoms with Crippen molar-refractivity contribution in [3.05, 3.63) is 52.5 Å². The Morgan fingerprint density at radius 2 is 1.92 bits per heavy atom. The Balaban J connectivity index is 1.75. The molecule has 0 N–H and O–H groups in total. The molecule has 0 aliphatic carbocycles. The predicted molar refractivity (Wildman–Crippen MR) is 89.9 cm³/mol. The Hall–Kier alpha value is -2.53. The summed E-state index contributed by atoms with van der Waals surface area (Å²) in [4.78, 5) is 8.35. The Labute approximate surface area is 153 Å². The molecule has 132 valence electrons. The molecule has 11 heteroatoms. The number of thiophene rings is 1. The summed E-state index contributed by atoms with van der Waals surface area (Å²) in [6.45, 7) is 0.433. The minimum Gasteiger partial charge on any atom is -0.224 e. The summed E-state index contributed by atoms with van der Waals surface area (Å²) in [7, 11) is 0. The number of alkyl halides is 3. The van der Waals surface area contributed by atoms with Gasteiger partial charge in [-0.3, -0.25) is 0 Å². The zero-order valence-corrected chi connectivity index (χ0v) is 14.5. The van der Waals surface area contributed by atoms with Crippen LogP contribution in [-0.4, -0.2) is 30.2 Å². The number of para-hydroxylation sites is 1. The zero-order valence-electron chi connectivity index (χ0n) is 12.9. The number of aromatic nitrogens is 6. The van der Waals surface area contributed by atoms with E-state index in [2.05, 4.69) is 25.5 Å². The fourth-order valence-electron chi connectivity index (χ4n) is 2.26. The first-order valence-electron chi connectivity index (χ1n) is 7.31. The van der Waals surface area contributed by atoms with Gasteiger partial charge in [-0.2, -0.15) is 13.2 Å². The molecular weight excluding hydrogens is 385 g/mol. The van der Waals surface area contributed by atoms with E-state index in [0.29, 0.717) is 17.1 Å². The minimum absolute atomic E-state index is 0.158. The molecule has 0 bridgehead atoms. The van der Waals surface area contributed by atoms with E-state index in [9.17, 15) is 13.2 Å². The molecule has 0 saturated carbocycles. The molecular formula is C15H9F3N6S2. The highest BCUT2D eigenvalue weighted by molar-refractivity contribution is 7.99. The van der Waals surface area contributed by atoms with Gasteiger partial charge >= 0.3 is 6.18 Å². The van der Waals surface area contributed by atoms with Crippen LogP contribution >= 0.6 is 23.1 Å². The second-order valence-corrected chi connectivity index (χ2v) is 7.16.